The molecule has 4 heterocycles. The number of carbonyl (C=O) groups is 1. The van der Waals surface area contributed by atoms with Crippen molar-refractivity contribution in [3.63, 3.8) is 0 Å². The molecule has 0 saturated carbocycles. The molecule has 2 atom stereocenters. The zero-order valence-corrected chi connectivity index (χ0v) is 26.4. The number of nitrogens with zero attached hydrogens (tertiary/aromatic N) is 4. The van der Waals surface area contributed by atoms with Crippen molar-refractivity contribution in [1.29, 1.82) is 0 Å². The molecule has 2 aromatic carbocycles. The minimum Gasteiger partial charge on any atom is -0.494 e. The van der Waals surface area contributed by atoms with Crippen molar-refractivity contribution in [3.05, 3.63) is 95.6 Å². The molecule has 44 heavy (non-hydrogen) atoms. The van der Waals surface area contributed by atoms with Crippen molar-refractivity contribution < 1.29 is 14.3 Å². The molecule has 2 aromatic heterocycles. The molecule has 6 rings (SSSR count). The molecule has 2 fully saturated rings. The van der Waals surface area contributed by atoms with Crippen LogP contribution in [0.5, 0.6) is 5.75 Å². The third-order valence-electron chi connectivity index (χ3n) is 8.43. The standard InChI is InChI=1S/C34H38N6O3S/c1-5-31(41)36-28-14-13-26(21-30(28)42-4)40-33(32(37-34(40)44)29-8-6-7-15-35-29)27-20-22(2)39(23(27)3)25-11-9-24(10-12-25)38-16-18-43-19-17-38/h6-15,20-21,32-33H,5,16-19H2,1-4H3,(H,36,41)(H,37,44)/t32-,33+/m1/s1. The second kappa shape index (κ2) is 12.7. The molecule has 0 bridgehead atoms. The van der Waals surface area contributed by atoms with Crippen molar-refractivity contribution in [2.45, 2.75) is 39.3 Å². The molecule has 9 nitrogen and oxygen atoms in total. The van der Waals surface area contributed by atoms with E-state index in [4.69, 9.17) is 26.7 Å². The van der Waals surface area contributed by atoms with E-state index in [1.807, 2.05) is 49.5 Å². The first-order valence-electron chi connectivity index (χ1n) is 15.0. The molecule has 4 aromatic rings. The van der Waals surface area contributed by atoms with Crippen LogP contribution in [-0.2, 0) is 9.53 Å². The minimum absolute atomic E-state index is 0.0760. The molecule has 228 valence electrons. The maximum atomic E-state index is 12.1. The van der Waals surface area contributed by atoms with Gasteiger partial charge in [-0.05, 0) is 86.2 Å². The SMILES string of the molecule is CCC(=O)Nc1ccc(N2C(=S)N[C@H](c3ccccn3)[C@@H]2c2cc(C)n(-c3ccc(N4CCOCC4)cc3)c2C)cc1OC. The van der Waals surface area contributed by atoms with Gasteiger partial charge in [0.2, 0.25) is 5.91 Å². The van der Waals surface area contributed by atoms with Crippen LogP contribution in [-0.4, -0.2) is 54.0 Å². The first kappa shape index (κ1) is 29.7. The van der Waals surface area contributed by atoms with E-state index in [0.717, 1.165) is 60.3 Å². The van der Waals surface area contributed by atoms with Crippen molar-refractivity contribution in [3.8, 4) is 11.4 Å². The van der Waals surface area contributed by atoms with Gasteiger partial charge in [-0.25, -0.2) is 0 Å². The number of aryl methyl sites for hydroxylation is 1. The molecule has 2 N–H and O–H groups in total. The number of amides is 1. The van der Waals surface area contributed by atoms with Crippen LogP contribution in [0.15, 0.2) is 72.9 Å². The van der Waals surface area contributed by atoms with Crippen molar-refractivity contribution >= 4 is 40.3 Å². The third-order valence-corrected chi connectivity index (χ3v) is 8.74. The smallest absolute Gasteiger partial charge is 0.224 e. The number of rotatable bonds is 8. The maximum absolute atomic E-state index is 12.1. The summed E-state index contributed by atoms with van der Waals surface area (Å²) in [6, 6.07) is 22.4. The lowest BCUT2D eigenvalue weighted by molar-refractivity contribution is -0.115. The van der Waals surface area contributed by atoms with E-state index >= 15 is 0 Å². The number of ether oxygens (including phenoxy) is 2. The summed E-state index contributed by atoms with van der Waals surface area (Å²) >= 11 is 5.99. The van der Waals surface area contributed by atoms with Crippen LogP contribution < -0.4 is 25.2 Å². The Morgan fingerprint density at radius 3 is 2.45 bits per heavy atom. The van der Waals surface area contributed by atoms with E-state index in [1.165, 1.54) is 5.69 Å². The average Bonchev–Trinajstić information content (AvgIpc) is 3.56. The largest absolute Gasteiger partial charge is 0.494 e. The summed E-state index contributed by atoms with van der Waals surface area (Å²) in [7, 11) is 1.60. The molecule has 0 radical (unpaired) electrons. The fourth-order valence-corrected chi connectivity index (χ4v) is 6.58. The minimum atomic E-state index is -0.189. The van der Waals surface area contributed by atoms with Crippen LogP contribution in [0.2, 0.25) is 0 Å². The molecular formula is C34H38N6O3S. The number of benzene rings is 2. The van der Waals surface area contributed by atoms with Crippen LogP contribution >= 0.6 is 12.2 Å². The van der Waals surface area contributed by atoms with Gasteiger partial charge in [0.1, 0.15) is 5.75 Å². The zero-order valence-electron chi connectivity index (χ0n) is 25.5. The lowest BCUT2D eigenvalue weighted by atomic mass is 9.96. The molecule has 2 aliphatic rings. The Morgan fingerprint density at radius 1 is 1.05 bits per heavy atom. The van der Waals surface area contributed by atoms with E-state index in [1.54, 1.807) is 7.11 Å². The van der Waals surface area contributed by atoms with Gasteiger partial charge in [-0.3, -0.25) is 9.78 Å². The van der Waals surface area contributed by atoms with E-state index in [-0.39, 0.29) is 18.0 Å². The Labute approximate surface area is 263 Å². The van der Waals surface area contributed by atoms with E-state index in [2.05, 4.69) is 69.2 Å². The normalized spacial score (nSPS) is 18.3. The number of pyridine rings is 1. The predicted molar refractivity (Wildman–Crippen MR) is 178 cm³/mol. The average molecular weight is 611 g/mol. The van der Waals surface area contributed by atoms with Gasteiger partial charge in [0.25, 0.3) is 0 Å². The summed E-state index contributed by atoms with van der Waals surface area (Å²) in [5, 5.41) is 7.08. The van der Waals surface area contributed by atoms with Crippen LogP contribution in [0.1, 0.15) is 48.1 Å². The number of hydrogen-bond acceptors (Lipinski definition) is 6. The Balaban J connectivity index is 1.41. The van der Waals surface area contributed by atoms with Crippen molar-refractivity contribution in [1.82, 2.24) is 14.9 Å². The zero-order chi connectivity index (χ0) is 30.8. The quantitative estimate of drug-likeness (QED) is 0.240. The Kier molecular flexibility index (Phi) is 8.54. The number of thiocarbonyl (C=S) groups is 1. The Bertz CT molecular complexity index is 1650. The van der Waals surface area contributed by atoms with Gasteiger partial charge in [-0.1, -0.05) is 13.0 Å². The summed E-state index contributed by atoms with van der Waals surface area (Å²) in [6.45, 7) is 9.45. The van der Waals surface area contributed by atoms with Crippen LogP contribution in [0, 0.1) is 13.8 Å². The van der Waals surface area contributed by atoms with Gasteiger partial charge in [0.05, 0.1) is 43.8 Å². The lowest BCUT2D eigenvalue weighted by Crippen LogP contribution is -2.36. The van der Waals surface area contributed by atoms with Gasteiger partial charge < -0.3 is 34.5 Å². The number of hydrogen-bond donors (Lipinski definition) is 2. The number of morpholine rings is 1. The predicted octanol–water partition coefficient (Wildman–Crippen LogP) is 5.86. The van der Waals surface area contributed by atoms with E-state index < -0.39 is 0 Å². The molecular weight excluding hydrogens is 572 g/mol. The molecule has 10 heteroatoms. The topological polar surface area (TPSA) is 83.9 Å². The van der Waals surface area contributed by atoms with Gasteiger partial charge in [-0.2, -0.15) is 0 Å². The molecule has 0 unspecified atom stereocenters. The summed E-state index contributed by atoms with van der Waals surface area (Å²) in [4.78, 5) is 21.4. The van der Waals surface area contributed by atoms with Crippen molar-refractivity contribution in [2.24, 2.45) is 0 Å². The van der Waals surface area contributed by atoms with Crippen molar-refractivity contribution in [2.75, 3.05) is 48.5 Å². The second-order valence-electron chi connectivity index (χ2n) is 11.1. The molecule has 2 aliphatic heterocycles. The fraction of sp³-hybridized carbons (Fsp3) is 0.324. The number of nitrogens with one attached hydrogen (secondary N) is 2. The highest BCUT2D eigenvalue weighted by molar-refractivity contribution is 7.80. The lowest BCUT2D eigenvalue weighted by Gasteiger charge is -2.29. The number of methoxy groups -OCH3 is 1. The fourth-order valence-electron chi connectivity index (χ4n) is 6.24. The number of carbonyl (C=O) groups excluding carboxylic acids is 1. The van der Waals surface area contributed by atoms with Gasteiger partial charge in [0, 0.05) is 60.2 Å². The number of aromatic nitrogens is 2. The monoisotopic (exact) mass is 610 g/mol. The van der Waals surface area contributed by atoms with E-state index in [9.17, 15) is 4.79 Å². The summed E-state index contributed by atoms with van der Waals surface area (Å²) < 4.78 is 13.5. The van der Waals surface area contributed by atoms with Gasteiger partial charge in [-0.15, -0.1) is 0 Å². The van der Waals surface area contributed by atoms with Gasteiger partial charge >= 0.3 is 0 Å². The summed E-state index contributed by atoms with van der Waals surface area (Å²) in [5.74, 6) is 0.492. The number of anilines is 3. The Hall–Kier alpha value is -4.41. The first-order valence-corrected chi connectivity index (χ1v) is 15.4. The van der Waals surface area contributed by atoms with Crippen LogP contribution in [0.25, 0.3) is 5.69 Å². The highest BCUT2D eigenvalue weighted by Crippen LogP contribution is 2.45. The maximum Gasteiger partial charge on any atom is 0.224 e. The molecule has 2 saturated heterocycles. The summed E-state index contributed by atoms with van der Waals surface area (Å²) in [6.07, 6.45) is 2.19. The highest BCUT2D eigenvalue weighted by Gasteiger charge is 2.42. The third kappa shape index (κ3) is 5.62. The molecule has 0 spiro atoms. The molecule has 1 amide bonds. The van der Waals surface area contributed by atoms with Crippen LogP contribution in [0.4, 0.5) is 17.1 Å². The van der Waals surface area contributed by atoms with E-state index in [0.29, 0.717) is 23.0 Å². The van der Waals surface area contributed by atoms with Gasteiger partial charge in [0.15, 0.2) is 5.11 Å². The second-order valence-corrected chi connectivity index (χ2v) is 11.4. The Morgan fingerprint density at radius 2 is 1.77 bits per heavy atom. The summed E-state index contributed by atoms with van der Waals surface area (Å²) in [5.41, 5.74) is 8.10. The molecule has 0 aliphatic carbocycles. The van der Waals surface area contributed by atoms with Crippen LogP contribution in [0.3, 0.4) is 0 Å². The highest BCUT2D eigenvalue weighted by atomic mass is 32.1. The first-order chi connectivity index (χ1) is 21.4.